The maximum Gasteiger partial charge on any atom is 0.311 e. The summed E-state index contributed by atoms with van der Waals surface area (Å²) in [4.78, 5) is 19.3. The number of nitro groups is 1. The van der Waals surface area contributed by atoms with E-state index in [1.54, 1.807) is 12.3 Å². The maximum absolute atomic E-state index is 11.0. The highest BCUT2D eigenvalue weighted by atomic mass is 16.6. The molecule has 3 aromatic carbocycles. The van der Waals surface area contributed by atoms with Gasteiger partial charge < -0.3 is 5.11 Å². The minimum atomic E-state index is -0.627. The van der Waals surface area contributed by atoms with Gasteiger partial charge in [-0.1, -0.05) is 48.5 Å². The van der Waals surface area contributed by atoms with Crippen LogP contribution in [0, 0.1) is 10.1 Å². The van der Waals surface area contributed by atoms with Crippen LogP contribution in [0.25, 0.3) is 22.0 Å². The molecule has 0 aliphatic heterocycles. The van der Waals surface area contributed by atoms with Gasteiger partial charge in [-0.2, -0.15) is 0 Å². The Morgan fingerprint density at radius 3 is 2.54 bits per heavy atom. The van der Waals surface area contributed by atoms with Gasteiger partial charge in [0.1, 0.15) is 0 Å². The van der Waals surface area contributed by atoms with Crippen molar-refractivity contribution in [3.05, 3.63) is 94.7 Å². The third kappa shape index (κ3) is 3.19. The highest BCUT2D eigenvalue weighted by Gasteiger charge is 2.15. The van der Waals surface area contributed by atoms with Gasteiger partial charge in [0, 0.05) is 29.4 Å². The molecule has 1 N–H and O–H groups in total. The summed E-state index contributed by atoms with van der Waals surface area (Å²) in [5.41, 5.74) is 3.36. The number of aromatic nitrogens is 1. The third-order valence-electron chi connectivity index (χ3n) is 4.42. The van der Waals surface area contributed by atoms with E-state index in [2.05, 4.69) is 9.98 Å². The first-order valence-corrected chi connectivity index (χ1v) is 8.59. The average molecular weight is 369 g/mol. The number of phenolic OH excluding ortho intramolecular Hbond substituents is 1. The van der Waals surface area contributed by atoms with Crippen molar-refractivity contribution in [2.45, 2.75) is 0 Å². The average Bonchev–Trinajstić information content (AvgIpc) is 2.73. The van der Waals surface area contributed by atoms with Gasteiger partial charge in [-0.25, -0.2) is 0 Å². The molecule has 1 aromatic heterocycles. The third-order valence-corrected chi connectivity index (χ3v) is 4.42. The number of para-hydroxylation sites is 2. The molecular formula is C22H15N3O3. The first kappa shape index (κ1) is 17.4. The smallest absolute Gasteiger partial charge is 0.311 e. The second kappa shape index (κ2) is 7.28. The van der Waals surface area contributed by atoms with Crippen LogP contribution in [0.4, 0.5) is 11.4 Å². The molecule has 6 nitrogen and oxygen atoms in total. The summed E-state index contributed by atoms with van der Waals surface area (Å²) in [6.07, 6.45) is 3.14. The summed E-state index contributed by atoms with van der Waals surface area (Å²) in [6, 6.07) is 22.0. The zero-order chi connectivity index (χ0) is 19.5. The summed E-state index contributed by atoms with van der Waals surface area (Å²) in [6.45, 7) is 0. The summed E-state index contributed by atoms with van der Waals surface area (Å²) >= 11 is 0. The first-order chi connectivity index (χ1) is 13.6. The van der Waals surface area contributed by atoms with Crippen LogP contribution in [-0.2, 0) is 0 Å². The lowest BCUT2D eigenvalue weighted by Gasteiger charge is -2.08. The number of nitrogens with zero attached hydrogens (tertiary/aromatic N) is 3. The van der Waals surface area contributed by atoms with E-state index in [9.17, 15) is 15.2 Å². The number of benzene rings is 3. The van der Waals surface area contributed by atoms with Crippen LogP contribution < -0.4 is 0 Å². The second-order valence-corrected chi connectivity index (χ2v) is 6.13. The van der Waals surface area contributed by atoms with Crippen molar-refractivity contribution in [1.82, 2.24) is 4.98 Å². The number of aromatic hydroxyl groups is 1. The number of hydrogen-bond donors (Lipinski definition) is 1. The topological polar surface area (TPSA) is 88.6 Å². The molecule has 0 aliphatic rings. The number of pyridine rings is 1. The molecule has 0 atom stereocenters. The Morgan fingerprint density at radius 1 is 0.964 bits per heavy atom. The Morgan fingerprint density at radius 2 is 1.75 bits per heavy atom. The highest BCUT2D eigenvalue weighted by molar-refractivity contribution is 6.01. The van der Waals surface area contributed by atoms with Crippen LogP contribution in [0.15, 0.2) is 84.0 Å². The Bertz CT molecular complexity index is 1200. The van der Waals surface area contributed by atoms with E-state index in [1.807, 2.05) is 54.6 Å². The van der Waals surface area contributed by atoms with Crippen molar-refractivity contribution >= 4 is 28.5 Å². The molecule has 0 amide bonds. The molecule has 0 spiro atoms. The zero-order valence-electron chi connectivity index (χ0n) is 14.7. The van der Waals surface area contributed by atoms with Crippen LogP contribution in [0.5, 0.6) is 5.75 Å². The lowest BCUT2D eigenvalue weighted by Crippen LogP contribution is -1.91. The molecule has 0 saturated carbocycles. The summed E-state index contributed by atoms with van der Waals surface area (Å²) in [5, 5.41) is 22.0. The Kier molecular flexibility index (Phi) is 4.51. The van der Waals surface area contributed by atoms with Crippen LogP contribution in [0.3, 0.4) is 0 Å². The van der Waals surface area contributed by atoms with Gasteiger partial charge in [0.05, 0.1) is 16.1 Å². The molecule has 0 aliphatic carbocycles. The van der Waals surface area contributed by atoms with E-state index >= 15 is 0 Å². The van der Waals surface area contributed by atoms with Crippen molar-refractivity contribution in [2.24, 2.45) is 4.99 Å². The Hall–Kier alpha value is -4.06. The predicted octanol–water partition coefficient (Wildman–Crippen LogP) is 5.27. The van der Waals surface area contributed by atoms with Gasteiger partial charge in [-0.3, -0.25) is 20.1 Å². The molecule has 0 saturated heterocycles. The van der Waals surface area contributed by atoms with Gasteiger partial charge in [0.25, 0.3) is 0 Å². The van der Waals surface area contributed by atoms with Gasteiger partial charge in [0.15, 0.2) is 0 Å². The molecule has 0 unspecified atom stereocenters. The number of nitro benzene ring substituents is 1. The van der Waals surface area contributed by atoms with E-state index in [1.165, 1.54) is 18.3 Å². The fourth-order valence-electron chi connectivity index (χ4n) is 3.07. The molecule has 28 heavy (non-hydrogen) atoms. The van der Waals surface area contributed by atoms with Gasteiger partial charge in [-0.15, -0.1) is 0 Å². The number of phenols is 1. The largest absolute Gasteiger partial charge is 0.502 e. The Labute approximate surface area is 160 Å². The molecule has 0 fully saturated rings. The van der Waals surface area contributed by atoms with Crippen molar-refractivity contribution in [3.63, 3.8) is 0 Å². The van der Waals surface area contributed by atoms with E-state index in [4.69, 9.17) is 0 Å². The summed E-state index contributed by atoms with van der Waals surface area (Å²) in [5.74, 6) is -0.408. The molecule has 0 bridgehead atoms. The van der Waals surface area contributed by atoms with E-state index in [0.717, 1.165) is 16.5 Å². The predicted molar refractivity (Wildman–Crippen MR) is 109 cm³/mol. The molecule has 1 heterocycles. The van der Waals surface area contributed by atoms with Crippen LogP contribution in [0.2, 0.25) is 0 Å². The molecular weight excluding hydrogens is 354 g/mol. The fraction of sp³-hybridized carbons (Fsp3) is 0. The number of hydrogen-bond acceptors (Lipinski definition) is 5. The molecule has 0 radical (unpaired) electrons. The molecule has 6 heteroatoms. The standard InChI is InChI=1S/C22H15N3O3/c26-22-16(8-4-11-20(22)25(27)28)14-24-19-10-5-9-18-17(12-13-23-21(18)19)15-6-2-1-3-7-15/h1-14,26H. The van der Waals surface area contributed by atoms with Crippen molar-refractivity contribution in [3.8, 4) is 16.9 Å². The zero-order valence-corrected chi connectivity index (χ0v) is 14.7. The summed E-state index contributed by atoms with van der Waals surface area (Å²) in [7, 11) is 0. The Balaban J connectivity index is 1.80. The second-order valence-electron chi connectivity index (χ2n) is 6.13. The van der Waals surface area contributed by atoms with Gasteiger partial charge in [0.2, 0.25) is 5.75 Å². The van der Waals surface area contributed by atoms with Gasteiger partial charge in [-0.05, 0) is 29.3 Å². The van der Waals surface area contributed by atoms with Crippen molar-refractivity contribution in [1.29, 1.82) is 0 Å². The van der Waals surface area contributed by atoms with Crippen LogP contribution >= 0.6 is 0 Å². The van der Waals surface area contributed by atoms with Crippen LogP contribution in [-0.4, -0.2) is 21.2 Å². The van der Waals surface area contributed by atoms with Crippen LogP contribution in [0.1, 0.15) is 5.56 Å². The molecule has 4 aromatic rings. The highest BCUT2D eigenvalue weighted by Crippen LogP contribution is 2.33. The van der Waals surface area contributed by atoms with Crippen molar-refractivity contribution < 1.29 is 10.0 Å². The minimum absolute atomic E-state index is 0.269. The molecule has 4 rings (SSSR count). The lowest BCUT2D eigenvalue weighted by atomic mass is 10.0. The van der Waals surface area contributed by atoms with E-state index < -0.39 is 10.7 Å². The maximum atomic E-state index is 11.0. The minimum Gasteiger partial charge on any atom is -0.502 e. The number of aliphatic imine (C=N–C) groups is 1. The van der Waals surface area contributed by atoms with Crippen molar-refractivity contribution in [2.75, 3.05) is 0 Å². The quantitative estimate of drug-likeness (QED) is 0.302. The van der Waals surface area contributed by atoms with E-state index in [0.29, 0.717) is 11.2 Å². The summed E-state index contributed by atoms with van der Waals surface area (Å²) < 4.78 is 0. The monoisotopic (exact) mass is 369 g/mol. The lowest BCUT2D eigenvalue weighted by molar-refractivity contribution is -0.385. The van der Waals surface area contributed by atoms with E-state index in [-0.39, 0.29) is 11.3 Å². The molecule has 136 valence electrons. The number of fused-ring (bicyclic) bond motifs is 1. The number of rotatable bonds is 4. The fourth-order valence-corrected chi connectivity index (χ4v) is 3.07. The van der Waals surface area contributed by atoms with Gasteiger partial charge >= 0.3 is 5.69 Å². The first-order valence-electron chi connectivity index (χ1n) is 8.59. The normalized spacial score (nSPS) is 11.1. The SMILES string of the molecule is O=[N+]([O-])c1cccc(C=Nc2cccc3c(-c4ccccc4)ccnc23)c1O.